The van der Waals surface area contributed by atoms with E-state index < -0.39 is 0 Å². The first kappa shape index (κ1) is 14.8. The second kappa shape index (κ2) is 7.20. The van der Waals surface area contributed by atoms with Gasteiger partial charge in [0.2, 0.25) is 0 Å². The zero-order chi connectivity index (χ0) is 13.5. The molecule has 0 aromatic carbocycles. The number of oxime groups is 1. The smallest absolute Gasteiger partial charge is 0.140 e. The summed E-state index contributed by atoms with van der Waals surface area (Å²) in [4.78, 5) is 6.51. The number of nitrogens with zero attached hydrogens (tertiary/aromatic N) is 3. The number of hydrogen-bond acceptors (Lipinski definition) is 4. The van der Waals surface area contributed by atoms with Gasteiger partial charge in [0.05, 0.1) is 0 Å². The molecule has 0 spiro atoms. The molecule has 100 valence electrons. The van der Waals surface area contributed by atoms with Crippen molar-refractivity contribution in [2.24, 2.45) is 16.8 Å². The highest BCUT2D eigenvalue weighted by atomic mass is 79.9. The highest BCUT2D eigenvalue weighted by molar-refractivity contribution is 9.10. The molecule has 0 fully saturated rings. The van der Waals surface area contributed by atoms with Crippen LogP contribution in [0.5, 0.6) is 0 Å². The van der Waals surface area contributed by atoms with Crippen LogP contribution in [0.2, 0.25) is 0 Å². The Hall–Kier alpha value is -1.30. The minimum Gasteiger partial charge on any atom is -0.409 e. The van der Waals surface area contributed by atoms with Crippen molar-refractivity contribution in [1.29, 1.82) is 0 Å². The fourth-order valence-electron chi connectivity index (χ4n) is 1.59. The molecular formula is C12H19BrN4O. The maximum absolute atomic E-state index is 8.56. The molecule has 1 rings (SSSR count). The third kappa shape index (κ3) is 4.91. The van der Waals surface area contributed by atoms with Crippen LogP contribution >= 0.6 is 15.9 Å². The molecule has 1 aromatic rings. The standard InChI is InChI=1S/C12H19BrN4O/c1-9(2)8-17(6-5-11(14)16-18)12-4-3-10(13)7-15-12/h3-4,7,9,18H,5-6,8H2,1-2H3,(H2,14,16). The van der Waals surface area contributed by atoms with Gasteiger partial charge in [-0.25, -0.2) is 4.98 Å². The van der Waals surface area contributed by atoms with E-state index in [0.717, 1.165) is 16.8 Å². The lowest BCUT2D eigenvalue weighted by molar-refractivity contribution is 0.317. The van der Waals surface area contributed by atoms with Crippen LogP contribution in [0.4, 0.5) is 5.82 Å². The van der Waals surface area contributed by atoms with Gasteiger partial charge in [0.25, 0.3) is 0 Å². The first-order chi connectivity index (χ1) is 8.52. The zero-order valence-corrected chi connectivity index (χ0v) is 12.3. The summed E-state index contributed by atoms with van der Waals surface area (Å²) >= 11 is 3.37. The van der Waals surface area contributed by atoms with Crippen molar-refractivity contribution < 1.29 is 5.21 Å². The number of hydrogen-bond donors (Lipinski definition) is 2. The molecule has 0 aliphatic heterocycles. The van der Waals surface area contributed by atoms with Crippen molar-refractivity contribution in [2.45, 2.75) is 20.3 Å². The molecule has 0 aliphatic carbocycles. The molecule has 5 nitrogen and oxygen atoms in total. The second-order valence-corrected chi connectivity index (χ2v) is 5.43. The Balaban J connectivity index is 2.74. The quantitative estimate of drug-likeness (QED) is 0.366. The summed E-state index contributed by atoms with van der Waals surface area (Å²) in [6.45, 7) is 5.86. The maximum atomic E-state index is 8.56. The highest BCUT2D eigenvalue weighted by Crippen LogP contribution is 2.16. The number of pyridine rings is 1. The Morgan fingerprint density at radius 2 is 2.28 bits per heavy atom. The Morgan fingerprint density at radius 1 is 1.56 bits per heavy atom. The van der Waals surface area contributed by atoms with E-state index in [-0.39, 0.29) is 5.84 Å². The third-order valence-corrected chi connectivity index (χ3v) is 2.86. The van der Waals surface area contributed by atoms with Crippen LogP contribution in [-0.2, 0) is 0 Å². The monoisotopic (exact) mass is 314 g/mol. The number of aromatic nitrogens is 1. The lowest BCUT2D eigenvalue weighted by Gasteiger charge is -2.25. The summed E-state index contributed by atoms with van der Waals surface area (Å²) in [5, 5.41) is 11.5. The highest BCUT2D eigenvalue weighted by Gasteiger charge is 2.10. The lowest BCUT2D eigenvalue weighted by atomic mass is 10.2. The van der Waals surface area contributed by atoms with Gasteiger partial charge in [-0.3, -0.25) is 0 Å². The molecule has 0 saturated heterocycles. The van der Waals surface area contributed by atoms with E-state index in [9.17, 15) is 0 Å². The first-order valence-corrected chi connectivity index (χ1v) is 6.65. The van der Waals surface area contributed by atoms with Gasteiger partial charge in [0, 0.05) is 30.2 Å². The van der Waals surface area contributed by atoms with Gasteiger partial charge in [0.15, 0.2) is 0 Å². The molecule has 3 N–H and O–H groups in total. The van der Waals surface area contributed by atoms with Crippen LogP contribution in [0.3, 0.4) is 0 Å². The number of amidine groups is 1. The summed E-state index contributed by atoms with van der Waals surface area (Å²) in [5.41, 5.74) is 5.50. The molecule has 1 aromatic heterocycles. The molecule has 0 radical (unpaired) electrons. The number of anilines is 1. The van der Waals surface area contributed by atoms with Gasteiger partial charge in [-0.2, -0.15) is 0 Å². The van der Waals surface area contributed by atoms with Crippen molar-refractivity contribution in [2.75, 3.05) is 18.0 Å². The van der Waals surface area contributed by atoms with Crippen LogP contribution in [0.1, 0.15) is 20.3 Å². The molecule has 1 heterocycles. The van der Waals surface area contributed by atoms with E-state index in [1.807, 2.05) is 12.1 Å². The van der Waals surface area contributed by atoms with Crippen LogP contribution in [0.25, 0.3) is 0 Å². The minimum absolute atomic E-state index is 0.237. The van der Waals surface area contributed by atoms with E-state index >= 15 is 0 Å². The second-order valence-electron chi connectivity index (χ2n) is 4.52. The van der Waals surface area contributed by atoms with E-state index in [0.29, 0.717) is 18.9 Å². The Morgan fingerprint density at radius 3 is 2.78 bits per heavy atom. The van der Waals surface area contributed by atoms with E-state index in [2.05, 4.69) is 44.8 Å². The molecule has 0 saturated carbocycles. The van der Waals surface area contributed by atoms with Crippen LogP contribution in [0, 0.1) is 5.92 Å². The molecule has 18 heavy (non-hydrogen) atoms. The van der Waals surface area contributed by atoms with Crippen LogP contribution in [-0.4, -0.2) is 29.1 Å². The molecular weight excluding hydrogens is 296 g/mol. The molecule has 6 heteroatoms. The van der Waals surface area contributed by atoms with Gasteiger partial charge < -0.3 is 15.8 Å². The van der Waals surface area contributed by atoms with E-state index in [4.69, 9.17) is 10.9 Å². The van der Waals surface area contributed by atoms with Gasteiger partial charge in [-0.1, -0.05) is 19.0 Å². The summed E-state index contributed by atoms with van der Waals surface area (Å²) in [6.07, 6.45) is 2.28. The van der Waals surface area contributed by atoms with E-state index in [1.165, 1.54) is 0 Å². The zero-order valence-electron chi connectivity index (χ0n) is 10.7. The number of halogens is 1. The van der Waals surface area contributed by atoms with E-state index in [1.54, 1.807) is 6.20 Å². The van der Waals surface area contributed by atoms with Crippen molar-refractivity contribution in [3.05, 3.63) is 22.8 Å². The Kier molecular flexibility index (Phi) is 5.91. The average Bonchev–Trinajstić information content (AvgIpc) is 2.34. The van der Waals surface area contributed by atoms with Gasteiger partial charge in [-0.15, -0.1) is 0 Å². The van der Waals surface area contributed by atoms with Crippen LogP contribution in [0.15, 0.2) is 28.0 Å². The lowest BCUT2D eigenvalue weighted by Crippen LogP contribution is -2.32. The normalized spacial score (nSPS) is 11.9. The number of rotatable bonds is 6. The molecule has 0 aliphatic rings. The minimum atomic E-state index is 0.237. The molecule has 0 atom stereocenters. The van der Waals surface area contributed by atoms with Gasteiger partial charge >= 0.3 is 0 Å². The van der Waals surface area contributed by atoms with Crippen molar-refractivity contribution in [1.82, 2.24) is 4.98 Å². The topological polar surface area (TPSA) is 74.7 Å². The largest absolute Gasteiger partial charge is 0.409 e. The SMILES string of the molecule is CC(C)CN(CCC(N)=NO)c1ccc(Br)cn1. The molecule has 0 bridgehead atoms. The summed E-state index contributed by atoms with van der Waals surface area (Å²) in [5.74, 6) is 1.65. The summed E-state index contributed by atoms with van der Waals surface area (Å²) in [7, 11) is 0. The fourth-order valence-corrected chi connectivity index (χ4v) is 1.83. The summed E-state index contributed by atoms with van der Waals surface area (Å²) < 4.78 is 0.951. The molecule has 0 unspecified atom stereocenters. The predicted molar refractivity (Wildman–Crippen MR) is 77.0 cm³/mol. The van der Waals surface area contributed by atoms with Gasteiger partial charge in [-0.05, 0) is 34.0 Å². The maximum Gasteiger partial charge on any atom is 0.140 e. The average molecular weight is 315 g/mol. The number of nitrogens with two attached hydrogens (primary N) is 1. The molecule has 0 amide bonds. The third-order valence-electron chi connectivity index (χ3n) is 2.39. The Labute approximate surface area is 116 Å². The predicted octanol–water partition coefficient (Wildman–Crippen LogP) is 2.44. The van der Waals surface area contributed by atoms with Crippen LogP contribution < -0.4 is 10.6 Å². The fraction of sp³-hybridized carbons (Fsp3) is 0.500. The Bertz CT molecular complexity index is 392. The van der Waals surface area contributed by atoms with Crippen molar-refractivity contribution in [3.8, 4) is 0 Å². The summed E-state index contributed by atoms with van der Waals surface area (Å²) in [6, 6.07) is 3.91. The van der Waals surface area contributed by atoms with Gasteiger partial charge in [0.1, 0.15) is 11.7 Å². The van der Waals surface area contributed by atoms with Crippen molar-refractivity contribution >= 4 is 27.6 Å². The first-order valence-electron chi connectivity index (χ1n) is 5.85. The van der Waals surface area contributed by atoms with Crippen molar-refractivity contribution in [3.63, 3.8) is 0 Å².